The molecule has 0 aromatic rings. The van der Waals surface area contributed by atoms with E-state index in [1.165, 1.54) is 0 Å². The zero-order chi connectivity index (χ0) is 7.11. The van der Waals surface area contributed by atoms with Crippen LogP contribution in [0.5, 0.6) is 0 Å². The summed E-state index contributed by atoms with van der Waals surface area (Å²) in [6, 6.07) is 0. The van der Waals surface area contributed by atoms with Crippen molar-refractivity contribution >= 4 is 0 Å². The molecule has 0 spiro atoms. The summed E-state index contributed by atoms with van der Waals surface area (Å²) in [4.78, 5) is 0. The first-order valence-electron chi connectivity index (χ1n) is 3.40. The number of hydrogen-bond acceptors (Lipinski definition) is 2. The van der Waals surface area contributed by atoms with Gasteiger partial charge in [0, 0.05) is 5.92 Å². The summed E-state index contributed by atoms with van der Waals surface area (Å²) in [6.45, 7) is 2.17. The highest BCUT2D eigenvalue weighted by Crippen LogP contribution is 2.07. The second-order valence-electron chi connectivity index (χ2n) is 2.17. The van der Waals surface area contributed by atoms with Crippen molar-refractivity contribution in [2.24, 2.45) is 0 Å². The van der Waals surface area contributed by atoms with Crippen molar-refractivity contribution in [1.29, 1.82) is 0 Å². The summed E-state index contributed by atoms with van der Waals surface area (Å²) in [5.41, 5.74) is 0. The molecular weight excluding hydrogens is 116 g/mol. The van der Waals surface area contributed by atoms with E-state index in [0.717, 1.165) is 25.2 Å². The fraction of sp³-hybridized carbons (Fsp3) is 0.857. The van der Waals surface area contributed by atoms with Gasteiger partial charge in [-0.1, -0.05) is 19.8 Å². The van der Waals surface area contributed by atoms with Gasteiger partial charge in [0.25, 0.3) is 0 Å². The Morgan fingerprint density at radius 2 is 1.78 bits per heavy atom. The number of aliphatic hydroxyl groups is 2. The van der Waals surface area contributed by atoms with E-state index in [2.05, 4.69) is 6.92 Å². The highest BCUT2D eigenvalue weighted by molar-refractivity contribution is 4.87. The van der Waals surface area contributed by atoms with E-state index in [1.807, 2.05) is 0 Å². The lowest BCUT2D eigenvalue weighted by atomic mass is 10.0. The van der Waals surface area contributed by atoms with Crippen LogP contribution in [-0.2, 0) is 0 Å². The molecular formula is C7H15O2. The number of rotatable bonds is 5. The second kappa shape index (κ2) is 6.05. The molecule has 0 atom stereocenters. The van der Waals surface area contributed by atoms with Crippen LogP contribution in [0.15, 0.2) is 0 Å². The van der Waals surface area contributed by atoms with E-state index in [4.69, 9.17) is 10.2 Å². The maximum absolute atomic E-state index is 8.56. The van der Waals surface area contributed by atoms with Crippen molar-refractivity contribution in [3.05, 3.63) is 5.92 Å². The lowest BCUT2D eigenvalue weighted by Crippen LogP contribution is -2.07. The normalized spacial score (nSPS) is 10.7. The van der Waals surface area contributed by atoms with E-state index in [-0.39, 0.29) is 13.2 Å². The third-order valence-corrected chi connectivity index (χ3v) is 1.33. The number of unbranched alkanes of at least 4 members (excludes halogenated alkanes) is 1. The second-order valence-corrected chi connectivity index (χ2v) is 2.17. The number of aliphatic hydroxyl groups excluding tert-OH is 2. The molecule has 0 amide bonds. The Balaban J connectivity index is 3.09. The summed E-state index contributed by atoms with van der Waals surface area (Å²) in [7, 11) is 0. The van der Waals surface area contributed by atoms with Gasteiger partial charge in [-0.2, -0.15) is 0 Å². The molecule has 0 aromatic heterocycles. The van der Waals surface area contributed by atoms with Crippen molar-refractivity contribution < 1.29 is 10.2 Å². The molecule has 0 heterocycles. The average molecular weight is 131 g/mol. The molecule has 0 saturated heterocycles. The molecule has 2 N–H and O–H groups in total. The fourth-order valence-electron chi connectivity index (χ4n) is 0.635. The molecule has 0 aliphatic heterocycles. The van der Waals surface area contributed by atoms with Gasteiger partial charge < -0.3 is 10.2 Å². The average Bonchev–Trinajstić information content (AvgIpc) is 1.91. The van der Waals surface area contributed by atoms with Crippen LogP contribution in [0.2, 0.25) is 0 Å². The lowest BCUT2D eigenvalue weighted by molar-refractivity contribution is 0.234. The standard InChI is InChI=1S/C7H15O2/c1-2-3-4-7(5-8)6-9/h8-9H,2-6H2,1H3. The smallest absolute Gasteiger partial charge is 0.0516 e. The van der Waals surface area contributed by atoms with Crippen molar-refractivity contribution in [3.8, 4) is 0 Å². The van der Waals surface area contributed by atoms with Gasteiger partial charge in [0.1, 0.15) is 0 Å². The van der Waals surface area contributed by atoms with E-state index in [1.54, 1.807) is 0 Å². The molecule has 0 bridgehead atoms. The highest BCUT2D eigenvalue weighted by atomic mass is 16.3. The molecule has 1 radical (unpaired) electrons. The van der Waals surface area contributed by atoms with Crippen LogP contribution >= 0.6 is 0 Å². The molecule has 0 saturated carbocycles. The first kappa shape index (κ1) is 8.92. The number of hydrogen-bond donors (Lipinski definition) is 2. The largest absolute Gasteiger partial charge is 0.396 e. The Morgan fingerprint density at radius 1 is 1.22 bits per heavy atom. The molecule has 0 aliphatic rings. The summed E-state index contributed by atoms with van der Waals surface area (Å²) in [6.07, 6.45) is 3.05. The molecule has 2 nitrogen and oxygen atoms in total. The minimum absolute atomic E-state index is 0.0382. The minimum Gasteiger partial charge on any atom is -0.396 e. The van der Waals surface area contributed by atoms with Crippen molar-refractivity contribution in [1.82, 2.24) is 0 Å². The van der Waals surface area contributed by atoms with Gasteiger partial charge in [-0.3, -0.25) is 0 Å². The maximum atomic E-state index is 8.56. The van der Waals surface area contributed by atoms with Gasteiger partial charge in [-0.05, 0) is 6.42 Å². The maximum Gasteiger partial charge on any atom is 0.0516 e. The third-order valence-electron chi connectivity index (χ3n) is 1.33. The fourth-order valence-corrected chi connectivity index (χ4v) is 0.635. The van der Waals surface area contributed by atoms with Crippen molar-refractivity contribution in [2.75, 3.05) is 13.2 Å². The highest BCUT2D eigenvalue weighted by Gasteiger charge is 2.03. The van der Waals surface area contributed by atoms with Crippen LogP contribution in [0.4, 0.5) is 0 Å². The zero-order valence-corrected chi connectivity index (χ0v) is 5.93. The Bertz CT molecular complexity index is 50.9. The Kier molecular flexibility index (Phi) is 5.99. The molecule has 2 heteroatoms. The van der Waals surface area contributed by atoms with Gasteiger partial charge in [0.2, 0.25) is 0 Å². The quantitative estimate of drug-likeness (QED) is 0.577. The lowest BCUT2D eigenvalue weighted by Gasteiger charge is -2.07. The van der Waals surface area contributed by atoms with Crippen LogP contribution in [0.25, 0.3) is 0 Å². The minimum atomic E-state index is 0.0382. The van der Waals surface area contributed by atoms with Gasteiger partial charge >= 0.3 is 0 Å². The van der Waals surface area contributed by atoms with E-state index in [0.29, 0.717) is 0 Å². The first-order valence-corrected chi connectivity index (χ1v) is 3.40. The van der Waals surface area contributed by atoms with Gasteiger partial charge in [-0.15, -0.1) is 0 Å². The van der Waals surface area contributed by atoms with E-state index >= 15 is 0 Å². The van der Waals surface area contributed by atoms with Crippen LogP contribution < -0.4 is 0 Å². The van der Waals surface area contributed by atoms with Crippen molar-refractivity contribution in [3.63, 3.8) is 0 Å². The monoisotopic (exact) mass is 131 g/mol. The van der Waals surface area contributed by atoms with Gasteiger partial charge in [0.15, 0.2) is 0 Å². The Hall–Kier alpha value is -0.0800. The molecule has 0 aromatic carbocycles. The molecule has 55 valence electrons. The van der Waals surface area contributed by atoms with Crippen molar-refractivity contribution in [2.45, 2.75) is 26.2 Å². The predicted molar refractivity (Wildman–Crippen MR) is 36.9 cm³/mol. The van der Waals surface area contributed by atoms with Crippen LogP contribution in [-0.4, -0.2) is 23.4 Å². The van der Waals surface area contributed by atoms with Crippen LogP contribution in [0.1, 0.15) is 26.2 Å². The third kappa shape index (κ3) is 4.43. The van der Waals surface area contributed by atoms with E-state index < -0.39 is 0 Å². The summed E-state index contributed by atoms with van der Waals surface area (Å²) in [5.74, 6) is 0.844. The Labute approximate surface area is 56.5 Å². The van der Waals surface area contributed by atoms with Crippen LogP contribution in [0, 0.1) is 5.92 Å². The zero-order valence-electron chi connectivity index (χ0n) is 5.93. The molecule has 0 rings (SSSR count). The molecule has 0 aliphatic carbocycles. The topological polar surface area (TPSA) is 40.5 Å². The first-order chi connectivity index (χ1) is 4.35. The SMILES string of the molecule is CCCC[C](CO)CO. The van der Waals surface area contributed by atoms with Crippen LogP contribution in [0.3, 0.4) is 0 Å². The summed E-state index contributed by atoms with van der Waals surface area (Å²) < 4.78 is 0. The molecule has 0 unspecified atom stereocenters. The predicted octanol–water partition coefficient (Wildman–Crippen LogP) is 0.736. The summed E-state index contributed by atoms with van der Waals surface area (Å²) >= 11 is 0. The summed E-state index contributed by atoms with van der Waals surface area (Å²) in [5, 5.41) is 17.1. The van der Waals surface area contributed by atoms with Gasteiger partial charge in [0.05, 0.1) is 13.2 Å². The van der Waals surface area contributed by atoms with Gasteiger partial charge in [-0.25, -0.2) is 0 Å². The Morgan fingerprint density at radius 3 is 2.11 bits per heavy atom. The molecule has 9 heavy (non-hydrogen) atoms. The van der Waals surface area contributed by atoms with E-state index in [9.17, 15) is 0 Å². The molecule has 0 fully saturated rings.